The lowest BCUT2D eigenvalue weighted by molar-refractivity contribution is 0.306. The van der Waals surface area contributed by atoms with Gasteiger partial charge < -0.3 is 4.74 Å². The molecule has 0 amide bonds. The van der Waals surface area contributed by atoms with Crippen molar-refractivity contribution in [3.05, 3.63) is 81.4 Å². The van der Waals surface area contributed by atoms with Crippen molar-refractivity contribution in [2.45, 2.75) is 59.3 Å². The Morgan fingerprint density at radius 1 is 0.939 bits per heavy atom. The summed E-state index contributed by atoms with van der Waals surface area (Å²) in [6, 6.07) is 16.0. The van der Waals surface area contributed by atoms with E-state index in [2.05, 4.69) is 81.1 Å². The first-order valence-corrected chi connectivity index (χ1v) is 11.5. The summed E-state index contributed by atoms with van der Waals surface area (Å²) in [5.41, 5.74) is 5.19. The lowest BCUT2D eigenvalue weighted by Crippen LogP contribution is -2.11. The highest BCUT2D eigenvalue weighted by molar-refractivity contribution is 5.58. The summed E-state index contributed by atoms with van der Waals surface area (Å²) in [5, 5.41) is 2.82. The van der Waals surface area contributed by atoms with Crippen molar-refractivity contribution in [1.82, 2.24) is 19.6 Å². The first-order chi connectivity index (χ1) is 15.7. The smallest absolute Gasteiger partial charge is 0.266 e. The number of hydrogen-bond donors (Lipinski definition) is 1. The molecule has 0 radical (unpaired) electrons. The number of hydrogen-bond acceptors (Lipinski definition) is 4. The van der Waals surface area contributed by atoms with Gasteiger partial charge in [-0.15, -0.1) is 0 Å². The Kier molecular flexibility index (Phi) is 6.36. The van der Waals surface area contributed by atoms with Gasteiger partial charge in [0.15, 0.2) is 11.5 Å². The zero-order chi connectivity index (χ0) is 23.6. The molecule has 172 valence electrons. The molecule has 0 aliphatic heterocycles. The van der Waals surface area contributed by atoms with E-state index in [1.54, 1.807) is 4.52 Å². The second-order valence-corrected chi connectivity index (χ2v) is 9.66. The van der Waals surface area contributed by atoms with Crippen molar-refractivity contribution in [2.75, 3.05) is 6.61 Å². The van der Waals surface area contributed by atoms with E-state index in [0.717, 1.165) is 30.0 Å². The average molecular weight is 445 g/mol. The van der Waals surface area contributed by atoms with E-state index in [1.807, 2.05) is 6.07 Å². The molecule has 0 aliphatic rings. The average Bonchev–Trinajstić information content (AvgIpc) is 3.15. The van der Waals surface area contributed by atoms with E-state index in [1.165, 1.54) is 22.8 Å². The highest BCUT2D eigenvalue weighted by Crippen LogP contribution is 2.25. The lowest BCUT2D eigenvalue weighted by atomic mass is 9.87. The van der Waals surface area contributed by atoms with Crippen molar-refractivity contribution < 1.29 is 4.74 Å². The normalized spacial score (nSPS) is 11.8. The molecule has 2 aromatic heterocycles. The summed E-state index contributed by atoms with van der Waals surface area (Å²) in [6.45, 7) is 11.4. The minimum absolute atomic E-state index is 0.0851. The topological polar surface area (TPSA) is 72.3 Å². The van der Waals surface area contributed by atoms with Crippen LogP contribution < -0.4 is 10.3 Å². The van der Waals surface area contributed by atoms with Crippen LogP contribution in [0.15, 0.2) is 53.3 Å². The van der Waals surface area contributed by atoms with Crippen LogP contribution in [0.3, 0.4) is 0 Å². The van der Waals surface area contributed by atoms with Crippen LogP contribution in [0.1, 0.15) is 56.1 Å². The minimum atomic E-state index is -0.177. The van der Waals surface area contributed by atoms with Gasteiger partial charge in [0, 0.05) is 18.1 Å². The summed E-state index contributed by atoms with van der Waals surface area (Å²) in [5.74, 6) is 2.33. The van der Waals surface area contributed by atoms with Crippen molar-refractivity contribution in [3.63, 3.8) is 0 Å². The Balaban J connectivity index is 1.47. The molecule has 0 bridgehead atoms. The van der Waals surface area contributed by atoms with Gasteiger partial charge in [-0.05, 0) is 60.9 Å². The van der Waals surface area contributed by atoms with Crippen LogP contribution >= 0.6 is 0 Å². The molecule has 6 nitrogen and oxygen atoms in total. The molecule has 33 heavy (non-hydrogen) atoms. The Bertz CT molecular complexity index is 1310. The molecule has 0 atom stereocenters. The minimum Gasteiger partial charge on any atom is -0.494 e. The number of aryl methyl sites for hydroxylation is 3. The summed E-state index contributed by atoms with van der Waals surface area (Å²) in [4.78, 5) is 21.4. The number of H-pyrrole nitrogens is 1. The number of rotatable bonds is 7. The molecule has 2 heterocycles. The molecule has 2 aromatic carbocycles. The van der Waals surface area contributed by atoms with Crippen LogP contribution in [0.25, 0.3) is 17.0 Å². The quantitative estimate of drug-likeness (QED) is 0.387. The van der Waals surface area contributed by atoms with Gasteiger partial charge in [-0.25, -0.2) is 14.5 Å². The van der Waals surface area contributed by atoms with Gasteiger partial charge in [0.05, 0.1) is 6.61 Å². The predicted molar refractivity (Wildman–Crippen MR) is 132 cm³/mol. The van der Waals surface area contributed by atoms with Gasteiger partial charge in [0.25, 0.3) is 5.56 Å². The number of ether oxygens (including phenoxy) is 1. The first kappa shape index (κ1) is 22.8. The summed E-state index contributed by atoms with van der Waals surface area (Å²) >= 11 is 0. The zero-order valence-electron chi connectivity index (χ0n) is 20.1. The van der Waals surface area contributed by atoms with Crippen LogP contribution in [0.2, 0.25) is 0 Å². The Morgan fingerprint density at radius 2 is 1.70 bits per heavy atom. The van der Waals surface area contributed by atoms with E-state index in [4.69, 9.17) is 9.72 Å². The third-order valence-corrected chi connectivity index (χ3v) is 5.98. The maximum Gasteiger partial charge on any atom is 0.266 e. The number of benzene rings is 2. The molecular formula is C27H32N4O2. The zero-order valence-corrected chi connectivity index (χ0v) is 20.1. The first-order valence-electron chi connectivity index (χ1n) is 11.5. The molecule has 4 aromatic rings. The summed E-state index contributed by atoms with van der Waals surface area (Å²) < 4.78 is 7.60. The lowest BCUT2D eigenvalue weighted by Gasteiger charge is -2.19. The maximum atomic E-state index is 12.0. The van der Waals surface area contributed by atoms with Crippen molar-refractivity contribution in [2.24, 2.45) is 0 Å². The summed E-state index contributed by atoms with van der Waals surface area (Å²) in [6.07, 6.45) is 2.49. The van der Waals surface area contributed by atoms with E-state index >= 15 is 0 Å². The number of nitrogens with zero attached hydrogens (tertiary/aromatic N) is 3. The van der Waals surface area contributed by atoms with Gasteiger partial charge in [0.2, 0.25) is 0 Å². The largest absolute Gasteiger partial charge is 0.494 e. The molecule has 0 saturated heterocycles. The number of fused-ring (bicyclic) bond motifs is 1. The van der Waals surface area contributed by atoms with E-state index in [-0.39, 0.29) is 11.0 Å². The van der Waals surface area contributed by atoms with Crippen LogP contribution in [0, 0.1) is 13.8 Å². The SMILES string of the molecule is Cc1ccc(OCCCCc2nc(-c3ccc(C(C)(C)C)cc3)nc3cc(=O)[nH]n23)cc1C. The number of nitrogens with one attached hydrogen (secondary N) is 1. The van der Waals surface area contributed by atoms with Crippen molar-refractivity contribution >= 4 is 5.65 Å². The van der Waals surface area contributed by atoms with E-state index < -0.39 is 0 Å². The van der Waals surface area contributed by atoms with Crippen LogP contribution in [0.4, 0.5) is 0 Å². The Morgan fingerprint density at radius 3 is 2.39 bits per heavy atom. The molecule has 0 aliphatic carbocycles. The van der Waals surface area contributed by atoms with Gasteiger partial charge >= 0.3 is 0 Å². The van der Waals surface area contributed by atoms with Crippen LogP contribution in [-0.2, 0) is 11.8 Å². The van der Waals surface area contributed by atoms with Gasteiger partial charge in [-0.2, -0.15) is 0 Å². The van der Waals surface area contributed by atoms with E-state index in [9.17, 15) is 4.79 Å². The Labute approximate surface area is 194 Å². The molecular weight excluding hydrogens is 412 g/mol. The molecule has 1 N–H and O–H groups in total. The van der Waals surface area contributed by atoms with Gasteiger partial charge in [-0.1, -0.05) is 51.1 Å². The van der Waals surface area contributed by atoms with Crippen molar-refractivity contribution in [3.8, 4) is 17.1 Å². The van der Waals surface area contributed by atoms with Crippen molar-refractivity contribution in [1.29, 1.82) is 0 Å². The van der Waals surface area contributed by atoms with Gasteiger partial charge in [-0.3, -0.25) is 9.89 Å². The molecule has 0 saturated carbocycles. The highest BCUT2D eigenvalue weighted by atomic mass is 16.5. The highest BCUT2D eigenvalue weighted by Gasteiger charge is 2.15. The molecule has 0 spiro atoms. The molecule has 0 fully saturated rings. The number of unbranched alkanes of at least 4 members (excludes halogenated alkanes) is 1. The fourth-order valence-electron chi connectivity index (χ4n) is 3.76. The number of aromatic amines is 1. The third kappa shape index (κ3) is 5.33. The number of aromatic nitrogens is 4. The predicted octanol–water partition coefficient (Wildman–Crippen LogP) is 5.40. The van der Waals surface area contributed by atoms with Crippen LogP contribution in [0.5, 0.6) is 5.75 Å². The standard InChI is InChI=1S/C27H32N4O2/c1-18-9-14-22(16-19(18)2)33-15-7-6-8-23-28-26(29-24-17-25(32)30-31(23)24)20-10-12-21(13-11-20)27(3,4)5/h9-14,16-17H,6-8,15H2,1-5H3,(H,30,32). The second kappa shape index (κ2) is 9.22. The Hall–Kier alpha value is -3.41. The molecule has 4 rings (SSSR count). The maximum absolute atomic E-state index is 12.0. The fourth-order valence-corrected chi connectivity index (χ4v) is 3.76. The molecule has 0 unspecified atom stereocenters. The third-order valence-electron chi connectivity index (χ3n) is 5.98. The second-order valence-electron chi connectivity index (χ2n) is 9.66. The van der Waals surface area contributed by atoms with E-state index in [0.29, 0.717) is 24.5 Å². The monoisotopic (exact) mass is 444 g/mol. The summed E-state index contributed by atoms with van der Waals surface area (Å²) in [7, 11) is 0. The van der Waals surface area contributed by atoms with Crippen LogP contribution in [-0.4, -0.2) is 26.2 Å². The van der Waals surface area contributed by atoms with Gasteiger partial charge in [0.1, 0.15) is 11.6 Å². The molecule has 6 heteroatoms. The fraction of sp³-hybridized carbons (Fsp3) is 0.370.